The second kappa shape index (κ2) is 4.40. The van der Waals surface area contributed by atoms with E-state index < -0.39 is 0 Å². The molecule has 15 heavy (non-hydrogen) atoms. The summed E-state index contributed by atoms with van der Waals surface area (Å²) in [5.41, 5.74) is 0. The molecule has 0 aromatic heterocycles. The molecule has 0 bridgehead atoms. The van der Waals surface area contributed by atoms with E-state index in [2.05, 4.69) is 9.80 Å². The lowest BCUT2D eigenvalue weighted by molar-refractivity contribution is 0.0876. The quantitative estimate of drug-likeness (QED) is 0.670. The second-order valence-electron chi connectivity index (χ2n) is 5.32. The van der Waals surface area contributed by atoms with Gasteiger partial charge in [-0.3, -0.25) is 4.90 Å². The molecule has 3 fully saturated rings. The van der Waals surface area contributed by atoms with E-state index in [0.29, 0.717) is 0 Å². The molecule has 3 nitrogen and oxygen atoms in total. The average molecular weight is 210 g/mol. The molecule has 86 valence electrons. The Labute approximate surface area is 92.4 Å². The maximum atomic E-state index is 5.45. The molecule has 0 radical (unpaired) electrons. The van der Waals surface area contributed by atoms with Crippen molar-refractivity contribution in [1.82, 2.24) is 9.80 Å². The number of hydrogen-bond acceptors (Lipinski definition) is 3. The molecule has 2 atom stereocenters. The monoisotopic (exact) mass is 210 g/mol. The smallest absolute Gasteiger partial charge is 0.0507 e. The lowest BCUT2D eigenvalue weighted by Gasteiger charge is -2.38. The molecule has 3 rings (SSSR count). The molecule has 3 heteroatoms. The van der Waals surface area contributed by atoms with E-state index in [4.69, 9.17) is 4.74 Å². The van der Waals surface area contributed by atoms with E-state index in [0.717, 1.165) is 25.2 Å². The fraction of sp³-hybridized carbons (Fsp3) is 1.00. The van der Waals surface area contributed by atoms with Gasteiger partial charge in [-0.25, -0.2) is 0 Å². The molecular formula is C12H22N2O. The van der Waals surface area contributed by atoms with Crippen LogP contribution in [-0.2, 0) is 4.74 Å². The summed E-state index contributed by atoms with van der Waals surface area (Å²) in [4.78, 5) is 5.35. The molecule has 2 unspecified atom stereocenters. The van der Waals surface area contributed by atoms with Gasteiger partial charge in [0.15, 0.2) is 0 Å². The van der Waals surface area contributed by atoms with Crippen LogP contribution in [-0.4, -0.2) is 61.8 Å². The van der Waals surface area contributed by atoms with Crippen molar-refractivity contribution in [2.45, 2.75) is 25.3 Å². The summed E-state index contributed by atoms with van der Waals surface area (Å²) in [7, 11) is 0. The standard InChI is InChI=1S/C12H22N2O/c1-2-12-9-13(5-6-14(12)4-1)8-11-3-7-15-10-11/h11-12H,1-10H2. The first kappa shape index (κ1) is 10.1. The van der Waals surface area contributed by atoms with E-state index >= 15 is 0 Å². The number of piperazine rings is 1. The van der Waals surface area contributed by atoms with Gasteiger partial charge >= 0.3 is 0 Å². The molecule has 3 aliphatic heterocycles. The van der Waals surface area contributed by atoms with Gasteiger partial charge in [-0.05, 0) is 31.7 Å². The van der Waals surface area contributed by atoms with Crippen molar-refractivity contribution in [1.29, 1.82) is 0 Å². The highest BCUT2D eigenvalue weighted by Gasteiger charge is 2.31. The van der Waals surface area contributed by atoms with Crippen LogP contribution in [0.4, 0.5) is 0 Å². The van der Waals surface area contributed by atoms with Crippen molar-refractivity contribution in [2.75, 3.05) is 45.9 Å². The lowest BCUT2D eigenvalue weighted by atomic mass is 10.1. The zero-order valence-corrected chi connectivity index (χ0v) is 9.53. The van der Waals surface area contributed by atoms with Crippen molar-refractivity contribution in [3.63, 3.8) is 0 Å². The van der Waals surface area contributed by atoms with Crippen LogP contribution in [0.15, 0.2) is 0 Å². The van der Waals surface area contributed by atoms with Crippen molar-refractivity contribution >= 4 is 0 Å². The van der Waals surface area contributed by atoms with E-state index in [9.17, 15) is 0 Å². The van der Waals surface area contributed by atoms with Gasteiger partial charge in [0.25, 0.3) is 0 Å². The predicted octanol–water partition coefficient (Wildman–Crippen LogP) is 0.803. The highest BCUT2D eigenvalue weighted by molar-refractivity contribution is 4.87. The van der Waals surface area contributed by atoms with E-state index in [-0.39, 0.29) is 0 Å². The van der Waals surface area contributed by atoms with Crippen LogP contribution in [0.1, 0.15) is 19.3 Å². The van der Waals surface area contributed by atoms with Gasteiger partial charge in [-0.1, -0.05) is 0 Å². The molecule has 0 aliphatic carbocycles. The summed E-state index contributed by atoms with van der Waals surface area (Å²) < 4.78 is 5.45. The van der Waals surface area contributed by atoms with Gasteiger partial charge < -0.3 is 9.64 Å². The zero-order valence-electron chi connectivity index (χ0n) is 9.53. The zero-order chi connectivity index (χ0) is 10.1. The maximum Gasteiger partial charge on any atom is 0.0507 e. The van der Waals surface area contributed by atoms with Crippen molar-refractivity contribution in [2.24, 2.45) is 5.92 Å². The van der Waals surface area contributed by atoms with Crippen LogP contribution < -0.4 is 0 Å². The minimum Gasteiger partial charge on any atom is -0.381 e. The second-order valence-corrected chi connectivity index (χ2v) is 5.32. The SMILES string of the molecule is C1CC2CN(CC3CCOC3)CCN2C1. The van der Waals surface area contributed by atoms with Crippen LogP contribution in [0.3, 0.4) is 0 Å². The predicted molar refractivity (Wildman–Crippen MR) is 60.0 cm³/mol. The average Bonchev–Trinajstić information content (AvgIpc) is 2.87. The van der Waals surface area contributed by atoms with Crippen LogP contribution in [0.2, 0.25) is 0 Å². The van der Waals surface area contributed by atoms with Gasteiger partial charge in [-0.15, -0.1) is 0 Å². The molecule has 0 amide bonds. The van der Waals surface area contributed by atoms with Gasteiger partial charge in [-0.2, -0.15) is 0 Å². The van der Waals surface area contributed by atoms with Crippen molar-refractivity contribution < 1.29 is 4.74 Å². The first-order valence-electron chi connectivity index (χ1n) is 6.46. The molecular weight excluding hydrogens is 188 g/mol. The number of fused-ring (bicyclic) bond motifs is 1. The minimum atomic E-state index is 0.818. The summed E-state index contributed by atoms with van der Waals surface area (Å²) in [6.45, 7) is 8.54. The molecule has 3 heterocycles. The molecule has 0 aromatic rings. The number of rotatable bonds is 2. The third-order valence-electron chi connectivity index (χ3n) is 4.21. The first-order chi connectivity index (χ1) is 7.42. The summed E-state index contributed by atoms with van der Waals surface area (Å²) >= 11 is 0. The summed E-state index contributed by atoms with van der Waals surface area (Å²) in [5.74, 6) is 0.818. The molecule has 0 spiro atoms. The number of ether oxygens (including phenoxy) is 1. The molecule has 0 saturated carbocycles. The van der Waals surface area contributed by atoms with Crippen LogP contribution in [0.5, 0.6) is 0 Å². The summed E-state index contributed by atoms with van der Waals surface area (Å²) in [5, 5.41) is 0. The fourth-order valence-electron chi connectivity index (χ4n) is 3.31. The molecule has 0 N–H and O–H groups in total. The van der Waals surface area contributed by atoms with Gasteiger partial charge in [0, 0.05) is 38.8 Å². The Kier molecular flexibility index (Phi) is 2.95. The summed E-state index contributed by atoms with van der Waals surface area (Å²) in [6.07, 6.45) is 4.13. The molecule has 3 aliphatic rings. The van der Waals surface area contributed by atoms with Crippen LogP contribution in [0.25, 0.3) is 0 Å². The third-order valence-corrected chi connectivity index (χ3v) is 4.21. The molecule has 3 saturated heterocycles. The number of hydrogen-bond donors (Lipinski definition) is 0. The van der Waals surface area contributed by atoms with Crippen LogP contribution in [0, 0.1) is 5.92 Å². The highest BCUT2D eigenvalue weighted by atomic mass is 16.5. The van der Waals surface area contributed by atoms with Gasteiger partial charge in [0.05, 0.1) is 6.61 Å². The van der Waals surface area contributed by atoms with Gasteiger partial charge in [0.2, 0.25) is 0 Å². The van der Waals surface area contributed by atoms with E-state index in [1.165, 1.54) is 52.0 Å². The van der Waals surface area contributed by atoms with Crippen molar-refractivity contribution in [3.8, 4) is 0 Å². The Hall–Kier alpha value is -0.120. The normalized spacial score (nSPS) is 38.4. The van der Waals surface area contributed by atoms with Crippen molar-refractivity contribution in [3.05, 3.63) is 0 Å². The largest absolute Gasteiger partial charge is 0.381 e. The Morgan fingerprint density at radius 2 is 2.13 bits per heavy atom. The van der Waals surface area contributed by atoms with E-state index in [1.54, 1.807) is 0 Å². The third kappa shape index (κ3) is 2.19. The number of nitrogens with zero attached hydrogens (tertiary/aromatic N) is 2. The first-order valence-corrected chi connectivity index (χ1v) is 6.46. The Bertz CT molecular complexity index is 214. The van der Waals surface area contributed by atoms with Crippen LogP contribution >= 0.6 is 0 Å². The Balaban J connectivity index is 1.50. The molecule has 0 aromatic carbocycles. The lowest BCUT2D eigenvalue weighted by Crippen LogP contribution is -2.51. The summed E-state index contributed by atoms with van der Waals surface area (Å²) in [6, 6.07) is 0.876. The minimum absolute atomic E-state index is 0.818. The maximum absolute atomic E-state index is 5.45. The highest BCUT2D eigenvalue weighted by Crippen LogP contribution is 2.23. The Morgan fingerprint density at radius 3 is 3.00 bits per heavy atom. The Morgan fingerprint density at radius 1 is 1.13 bits per heavy atom. The fourth-order valence-corrected chi connectivity index (χ4v) is 3.31. The topological polar surface area (TPSA) is 15.7 Å². The van der Waals surface area contributed by atoms with Gasteiger partial charge in [0.1, 0.15) is 0 Å². The van der Waals surface area contributed by atoms with E-state index in [1.807, 2.05) is 0 Å².